The van der Waals surface area contributed by atoms with Gasteiger partial charge in [-0.05, 0) is 25.9 Å². The zero-order valence-corrected chi connectivity index (χ0v) is 10.6. The highest BCUT2D eigenvalue weighted by Gasteiger charge is 2.11. The van der Waals surface area contributed by atoms with E-state index in [2.05, 4.69) is 45.0 Å². The molecule has 0 aliphatic rings. The standard InChI is InChI=1S/C12H28N2/c1-6-11(4)9-14(8-3)10-12(7-2)13-5/h11-13H,6-10H2,1-5H3. The maximum absolute atomic E-state index is 3.37. The largest absolute Gasteiger partial charge is 0.316 e. The summed E-state index contributed by atoms with van der Waals surface area (Å²) in [7, 11) is 2.06. The summed E-state index contributed by atoms with van der Waals surface area (Å²) in [6, 6.07) is 0.652. The molecule has 0 amide bonds. The third kappa shape index (κ3) is 5.61. The van der Waals surface area contributed by atoms with Crippen molar-refractivity contribution in [3.8, 4) is 0 Å². The van der Waals surface area contributed by atoms with Crippen LogP contribution in [0.3, 0.4) is 0 Å². The lowest BCUT2D eigenvalue weighted by Gasteiger charge is -2.27. The fraction of sp³-hybridized carbons (Fsp3) is 1.00. The van der Waals surface area contributed by atoms with E-state index in [1.54, 1.807) is 0 Å². The first-order valence-electron chi connectivity index (χ1n) is 6.07. The van der Waals surface area contributed by atoms with Gasteiger partial charge in [0, 0.05) is 19.1 Å². The van der Waals surface area contributed by atoms with Crippen LogP contribution in [-0.2, 0) is 0 Å². The molecule has 2 nitrogen and oxygen atoms in total. The van der Waals surface area contributed by atoms with Crippen LogP contribution in [0, 0.1) is 5.92 Å². The summed E-state index contributed by atoms with van der Waals surface area (Å²) in [6.45, 7) is 12.7. The monoisotopic (exact) mass is 200 g/mol. The molecule has 14 heavy (non-hydrogen) atoms. The predicted octanol–water partition coefficient (Wildman–Crippen LogP) is 2.35. The molecule has 2 heteroatoms. The summed E-state index contributed by atoms with van der Waals surface area (Å²) in [6.07, 6.45) is 2.50. The molecular formula is C12H28N2. The first-order valence-corrected chi connectivity index (χ1v) is 6.07. The zero-order valence-electron chi connectivity index (χ0n) is 10.6. The number of nitrogens with zero attached hydrogens (tertiary/aromatic N) is 1. The number of hydrogen-bond donors (Lipinski definition) is 1. The van der Waals surface area contributed by atoms with Crippen LogP contribution in [-0.4, -0.2) is 37.6 Å². The Bertz CT molecular complexity index is 121. The topological polar surface area (TPSA) is 15.3 Å². The zero-order chi connectivity index (χ0) is 11.0. The number of rotatable bonds is 8. The van der Waals surface area contributed by atoms with Crippen LogP contribution < -0.4 is 5.32 Å². The SMILES string of the molecule is CCC(C)CN(CC)CC(CC)NC. The molecule has 0 bridgehead atoms. The number of nitrogens with one attached hydrogen (secondary N) is 1. The average molecular weight is 200 g/mol. The maximum atomic E-state index is 3.37. The Hall–Kier alpha value is -0.0800. The molecule has 0 spiro atoms. The van der Waals surface area contributed by atoms with Gasteiger partial charge in [0.05, 0.1) is 0 Å². The molecule has 1 N–H and O–H groups in total. The average Bonchev–Trinajstić information content (AvgIpc) is 2.23. The highest BCUT2D eigenvalue weighted by Crippen LogP contribution is 2.05. The molecule has 0 aromatic heterocycles. The second-order valence-corrected chi connectivity index (χ2v) is 4.26. The van der Waals surface area contributed by atoms with Crippen LogP contribution in [0.25, 0.3) is 0 Å². The Morgan fingerprint density at radius 1 is 1.07 bits per heavy atom. The van der Waals surface area contributed by atoms with Crippen molar-refractivity contribution in [2.45, 2.75) is 46.6 Å². The molecule has 0 aromatic rings. The predicted molar refractivity (Wildman–Crippen MR) is 64.7 cm³/mol. The van der Waals surface area contributed by atoms with Gasteiger partial charge in [0.2, 0.25) is 0 Å². The lowest BCUT2D eigenvalue weighted by molar-refractivity contribution is 0.221. The summed E-state index contributed by atoms with van der Waals surface area (Å²) >= 11 is 0. The summed E-state index contributed by atoms with van der Waals surface area (Å²) in [4.78, 5) is 2.55. The van der Waals surface area contributed by atoms with Crippen molar-refractivity contribution in [3.05, 3.63) is 0 Å². The van der Waals surface area contributed by atoms with Crippen molar-refractivity contribution in [3.63, 3.8) is 0 Å². The Labute approximate surface area is 90.1 Å². The highest BCUT2D eigenvalue weighted by atomic mass is 15.1. The van der Waals surface area contributed by atoms with E-state index in [9.17, 15) is 0 Å². The Kier molecular flexibility index (Phi) is 8.20. The van der Waals surface area contributed by atoms with E-state index >= 15 is 0 Å². The molecule has 0 radical (unpaired) electrons. The summed E-state index contributed by atoms with van der Waals surface area (Å²) < 4.78 is 0. The van der Waals surface area contributed by atoms with Gasteiger partial charge in [-0.1, -0.05) is 34.1 Å². The molecule has 0 aliphatic carbocycles. The van der Waals surface area contributed by atoms with Gasteiger partial charge in [-0.25, -0.2) is 0 Å². The van der Waals surface area contributed by atoms with Crippen LogP contribution in [0.5, 0.6) is 0 Å². The maximum Gasteiger partial charge on any atom is 0.0189 e. The number of hydrogen-bond acceptors (Lipinski definition) is 2. The first-order chi connectivity index (χ1) is 6.67. The second kappa shape index (κ2) is 8.25. The van der Waals surface area contributed by atoms with Gasteiger partial charge in [0.25, 0.3) is 0 Å². The van der Waals surface area contributed by atoms with Crippen molar-refractivity contribution < 1.29 is 0 Å². The Morgan fingerprint density at radius 2 is 1.71 bits per heavy atom. The second-order valence-electron chi connectivity index (χ2n) is 4.26. The van der Waals surface area contributed by atoms with Crippen molar-refractivity contribution in [1.82, 2.24) is 10.2 Å². The van der Waals surface area contributed by atoms with Crippen molar-refractivity contribution in [2.24, 2.45) is 5.92 Å². The van der Waals surface area contributed by atoms with E-state index in [4.69, 9.17) is 0 Å². The molecule has 2 unspecified atom stereocenters. The quantitative estimate of drug-likeness (QED) is 0.647. The van der Waals surface area contributed by atoms with E-state index in [1.807, 2.05) is 0 Å². The van der Waals surface area contributed by atoms with Crippen LogP contribution in [0.4, 0.5) is 0 Å². The van der Waals surface area contributed by atoms with Gasteiger partial charge in [-0.3, -0.25) is 0 Å². The van der Waals surface area contributed by atoms with Gasteiger partial charge < -0.3 is 10.2 Å². The Morgan fingerprint density at radius 3 is 2.07 bits per heavy atom. The van der Waals surface area contributed by atoms with Gasteiger partial charge in [-0.2, -0.15) is 0 Å². The fourth-order valence-corrected chi connectivity index (χ4v) is 1.64. The van der Waals surface area contributed by atoms with Crippen LogP contribution in [0.15, 0.2) is 0 Å². The minimum atomic E-state index is 0.652. The molecular weight excluding hydrogens is 172 g/mol. The first kappa shape index (κ1) is 13.9. The van der Waals surface area contributed by atoms with E-state index in [1.165, 1.54) is 32.5 Å². The normalized spacial score (nSPS) is 15.9. The molecule has 86 valence electrons. The van der Waals surface area contributed by atoms with Gasteiger partial charge in [-0.15, -0.1) is 0 Å². The van der Waals surface area contributed by atoms with Crippen LogP contribution in [0.2, 0.25) is 0 Å². The molecule has 0 heterocycles. The third-order valence-corrected chi connectivity index (χ3v) is 3.09. The third-order valence-electron chi connectivity index (χ3n) is 3.09. The van der Waals surface area contributed by atoms with E-state index in [0.717, 1.165) is 5.92 Å². The molecule has 0 fully saturated rings. The molecule has 0 saturated heterocycles. The highest BCUT2D eigenvalue weighted by molar-refractivity contribution is 4.69. The number of likely N-dealkylation sites (N-methyl/N-ethyl adjacent to an activating group) is 2. The summed E-state index contributed by atoms with van der Waals surface area (Å²) in [5.41, 5.74) is 0. The molecule has 0 aliphatic heterocycles. The Balaban J connectivity index is 3.88. The minimum absolute atomic E-state index is 0.652. The minimum Gasteiger partial charge on any atom is -0.316 e. The van der Waals surface area contributed by atoms with Gasteiger partial charge in [0.1, 0.15) is 0 Å². The van der Waals surface area contributed by atoms with Gasteiger partial charge >= 0.3 is 0 Å². The molecule has 0 rings (SSSR count). The fourth-order valence-electron chi connectivity index (χ4n) is 1.64. The van der Waals surface area contributed by atoms with Gasteiger partial charge in [0.15, 0.2) is 0 Å². The smallest absolute Gasteiger partial charge is 0.0189 e. The van der Waals surface area contributed by atoms with Crippen LogP contribution >= 0.6 is 0 Å². The van der Waals surface area contributed by atoms with E-state index in [0.29, 0.717) is 6.04 Å². The van der Waals surface area contributed by atoms with Crippen molar-refractivity contribution in [1.29, 1.82) is 0 Å². The van der Waals surface area contributed by atoms with Crippen LogP contribution in [0.1, 0.15) is 40.5 Å². The molecule has 2 atom stereocenters. The molecule has 0 saturated carbocycles. The molecule has 0 aromatic carbocycles. The van der Waals surface area contributed by atoms with E-state index in [-0.39, 0.29) is 0 Å². The lowest BCUT2D eigenvalue weighted by Crippen LogP contribution is -2.40. The summed E-state index contributed by atoms with van der Waals surface area (Å²) in [5.74, 6) is 0.823. The summed E-state index contributed by atoms with van der Waals surface area (Å²) in [5, 5.41) is 3.37. The van der Waals surface area contributed by atoms with E-state index < -0.39 is 0 Å². The van der Waals surface area contributed by atoms with Crippen molar-refractivity contribution in [2.75, 3.05) is 26.7 Å². The lowest BCUT2D eigenvalue weighted by atomic mass is 10.1. The van der Waals surface area contributed by atoms with Crippen molar-refractivity contribution >= 4 is 0 Å².